The van der Waals surface area contributed by atoms with E-state index in [9.17, 15) is 26.3 Å². The molecule has 0 rings (SSSR count). The molecule has 0 aliphatic rings. The van der Waals surface area contributed by atoms with Crippen LogP contribution in [0.4, 0.5) is 26.3 Å². The molecule has 0 aromatic heterocycles. The first-order valence-electron chi connectivity index (χ1n) is 4.45. The van der Waals surface area contributed by atoms with Crippen LogP contribution in [0.15, 0.2) is 0 Å². The van der Waals surface area contributed by atoms with Crippen molar-refractivity contribution in [3.05, 3.63) is 0 Å². The van der Waals surface area contributed by atoms with Crippen LogP contribution in [0.3, 0.4) is 0 Å². The SMILES string of the molecule is CCN(C)C(C)C(O)(C(F)(F)F)C(F)(F)F.[Co]. The minimum Gasteiger partial charge on any atom is -0.372 e. The summed E-state index contributed by atoms with van der Waals surface area (Å²) in [6.07, 6.45) is -11.5. The van der Waals surface area contributed by atoms with Crippen molar-refractivity contribution in [1.29, 1.82) is 0 Å². The summed E-state index contributed by atoms with van der Waals surface area (Å²) in [5, 5.41) is 8.96. The Labute approximate surface area is 105 Å². The summed E-state index contributed by atoms with van der Waals surface area (Å²) in [5.41, 5.74) is -4.72. The fourth-order valence-electron chi connectivity index (χ4n) is 1.23. The molecule has 0 aromatic carbocycles. The number of rotatable bonds is 3. The second kappa shape index (κ2) is 5.76. The van der Waals surface area contributed by atoms with E-state index in [1.54, 1.807) is 0 Å². The smallest absolute Gasteiger partial charge is 0.372 e. The van der Waals surface area contributed by atoms with Crippen LogP contribution in [0.1, 0.15) is 13.8 Å². The zero-order chi connectivity index (χ0) is 13.4. The fourth-order valence-corrected chi connectivity index (χ4v) is 1.23. The zero-order valence-electron chi connectivity index (χ0n) is 9.28. The third-order valence-electron chi connectivity index (χ3n) is 2.63. The molecule has 0 heterocycles. The van der Waals surface area contributed by atoms with E-state index in [1.165, 1.54) is 6.92 Å². The first-order chi connectivity index (χ1) is 6.89. The van der Waals surface area contributed by atoms with Crippen molar-refractivity contribution in [2.45, 2.75) is 37.8 Å². The van der Waals surface area contributed by atoms with Gasteiger partial charge in [0.15, 0.2) is 0 Å². The maximum absolute atomic E-state index is 12.4. The quantitative estimate of drug-likeness (QED) is 0.808. The Balaban J connectivity index is 0. The van der Waals surface area contributed by atoms with Crippen LogP contribution in [0.2, 0.25) is 0 Å². The number of halogens is 6. The van der Waals surface area contributed by atoms with E-state index in [1.807, 2.05) is 0 Å². The molecule has 9 heteroatoms. The molecule has 1 N–H and O–H groups in total. The van der Waals surface area contributed by atoms with E-state index >= 15 is 0 Å². The van der Waals surface area contributed by atoms with Crippen molar-refractivity contribution in [3.8, 4) is 0 Å². The Kier molecular flexibility index (Phi) is 6.56. The molecule has 0 spiro atoms. The molecular formula is C8H13CoF6NO. The van der Waals surface area contributed by atoms with Crippen molar-refractivity contribution in [1.82, 2.24) is 4.90 Å². The molecule has 2 nitrogen and oxygen atoms in total. The molecule has 0 fully saturated rings. The van der Waals surface area contributed by atoms with Gasteiger partial charge in [-0.15, -0.1) is 0 Å². The van der Waals surface area contributed by atoms with Gasteiger partial charge < -0.3 is 10.0 Å². The van der Waals surface area contributed by atoms with Crippen molar-refractivity contribution in [2.75, 3.05) is 13.6 Å². The molecule has 1 atom stereocenters. The molecule has 17 heavy (non-hydrogen) atoms. The van der Waals surface area contributed by atoms with Crippen LogP contribution in [0.5, 0.6) is 0 Å². The fraction of sp³-hybridized carbons (Fsp3) is 1.00. The maximum atomic E-state index is 12.4. The monoisotopic (exact) mass is 312 g/mol. The summed E-state index contributed by atoms with van der Waals surface area (Å²) in [6.45, 7) is 2.03. The van der Waals surface area contributed by atoms with Crippen LogP contribution in [-0.2, 0) is 16.8 Å². The van der Waals surface area contributed by atoms with Gasteiger partial charge in [0.1, 0.15) is 0 Å². The van der Waals surface area contributed by atoms with Crippen LogP contribution in [0, 0.1) is 0 Å². The van der Waals surface area contributed by atoms with Gasteiger partial charge in [-0.1, -0.05) is 6.92 Å². The van der Waals surface area contributed by atoms with Gasteiger partial charge in [-0.2, -0.15) is 26.3 Å². The average Bonchev–Trinajstić information content (AvgIpc) is 2.10. The molecule has 0 saturated carbocycles. The number of nitrogens with zero attached hydrogens (tertiary/aromatic N) is 1. The van der Waals surface area contributed by atoms with E-state index in [4.69, 9.17) is 5.11 Å². The Bertz CT molecular complexity index is 227. The molecule has 0 aromatic rings. The normalized spacial score (nSPS) is 15.7. The number of likely N-dealkylation sites (N-methyl/N-ethyl adjacent to an activating group) is 1. The average molecular weight is 312 g/mol. The zero-order valence-corrected chi connectivity index (χ0v) is 10.3. The van der Waals surface area contributed by atoms with Crippen molar-refractivity contribution in [2.24, 2.45) is 0 Å². The molecule has 0 aliphatic heterocycles. The Morgan fingerprint density at radius 1 is 1.06 bits per heavy atom. The molecule has 0 saturated heterocycles. The molecule has 107 valence electrons. The molecule has 1 unspecified atom stereocenters. The van der Waals surface area contributed by atoms with Gasteiger partial charge in [-0.3, -0.25) is 0 Å². The van der Waals surface area contributed by atoms with Crippen LogP contribution in [0.25, 0.3) is 0 Å². The first-order valence-corrected chi connectivity index (χ1v) is 4.45. The summed E-state index contributed by atoms with van der Waals surface area (Å²) in [4.78, 5) is 0.779. The molecule has 0 bridgehead atoms. The summed E-state index contributed by atoms with van der Waals surface area (Å²) < 4.78 is 74.1. The van der Waals surface area contributed by atoms with Crippen molar-refractivity contribution >= 4 is 0 Å². The Morgan fingerprint density at radius 2 is 1.35 bits per heavy atom. The molecule has 0 aliphatic carbocycles. The topological polar surface area (TPSA) is 23.5 Å². The maximum Gasteiger partial charge on any atom is 0.427 e. The molecular weight excluding hydrogens is 299 g/mol. The first kappa shape index (κ1) is 19.3. The van der Waals surface area contributed by atoms with Crippen LogP contribution in [-0.4, -0.2) is 47.6 Å². The van der Waals surface area contributed by atoms with Gasteiger partial charge in [0, 0.05) is 16.8 Å². The minimum absolute atomic E-state index is 0. The largest absolute Gasteiger partial charge is 0.427 e. The third kappa shape index (κ3) is 3.49. The Morgan fingerprint density at radius 3 is 1.53 bits per heavy atom. The van der Waals surface area contributed by atoms with E-state index in [2.05, 4.69) is 0 Å². The number of alkyl halides is 6. The second-order valence-corrected chi connectivity index (χ2v) is 3.51. The predicted octanol–water partition coefficient (Wildman–Crippen LogP) is 2.18. The van der Waals surface area contributed by atoms with E-state index in [0.29, 0.717) is 6.92 Å². The predicted molar refractivity (Wildman–Crippen MR) is 44.8 cm³/mol. The second-order valence-electron chi connectivity index (χ2n) is 3.51. The van der Waals surface area contributed by atoms with Gasteiger partial charge >= 0.3 is 12.4 Å². The van der Waals surface area contributed by atoms with Gasteiger partial charge in [0.05, 0.1) is 6.04 Å². The third-order valence-corrected chi connectivity index (χ3v) is 2.63. The number of hydrogen-bond donors (Lipinski definition) is 1. The minimum atomic E-state index is -5.77. The van der Waals surface area contributed by atoms with Gasteiger partial charge in [0.25, 0.3) is 5.60 Å². The summed E-state index contributed by atoms with van der Waals surface area (Å²) in [7, 11) is 1.08. The molecule has 1 radical (unpaired) electrons. The summed E-state index contributed by atoms with van der Waals surface area (Å²) in [6, 6.07) is -2.11. The van der Waals surface area contributed by atoms with Gasteiger partial charge in [-0.05, 0) is 20.5 Å². The number of aliphatic hydroxyl groups is 1. The van der Waals surface area contributed by atoms with Gasteiger partial charge in [0.2, 0.25) is 0 Å². The standard InChI is InChI=1S/C8H13F6NO.Co/c1-4-15(3)5(2)6(16,7(9,10)11)8(12,13)14;/h5,16H,4H2,1-3H3;. The molecule has 0 amide bonds. The van der Waals surface area contributed by atoms with E-state index < -0.39 is 24.0 Å². The van der Waals surface area contributed by atoms with E-state index in [0.717, 1.165) is 11.9 Å². The van der Waals surface area contributed by atoms with Gasteiger partial charge in [-0.25, -0.2) is 0 Å². The summed E-state index contributed by atoms with van der Waals surface area (Å²) in [5.74, 6) is 0. The van der Waals surface area contributed by atoms with Crippen molar-refractivity contribution < 1.29 is 48.2 Å². The number of hydrogen-bond acceptors (Lipinski definition) is 2. The van der Waals surface area contributed by atoms with E-state index in [-0.39, 0.29) is 23.3 Å². The Hall–Kier alpha value is 0.00649. The summed E-state index contributed by atoms with van der Waals surface area (Å²) >= 11 is 0. The van der Waals surface area contributed by atoms with Crippen molar-refractivity contribution in [3.63, 3.8) is 0 Å². The van der Waals surface area contributed by atoms with Crippen LogP contribution < -0.4 is 0 Å². The van der Waals surface area contributed by atoms with Crippen LogP contribution >= 0.6 is 0 Å².